The zero-order valence-corrected chi connectivity index (χ0v) is 20.4. The summed E-state index contributed by atoms with van der Waals surface area (Å²) in [6.45, 7) is 9.98. The Bertz CT molecular complexity index is 694. The van der Waals surface area contributed by atoms with Gasteiger partial charge in [-0.3, -0.25) is 0 Å². The molecule has 0 unspecified atom stereocenters. The van der Waals surface area contributed by atoms with E-state index in [4.69, 9.17) is 4.74 Å². The summed E-state index contributed by atoms with van der Waals surface area (Å²) in [5.74, 6) is 2.47. The zero-order chi connectivity index (χ0) is 22.3. The van der Waals surface area contributed by atoms with Crippen LogP contribution in [-0.4, -0.2) is 16.8 Å². The van der Waals surface area contributed by atoms with Gasteiger partial charge in [0.15, 0.2) is 0 Å². The summed E-state index contributed by atoms with van der Waals surface area (Å²) in [7, 11) is 0. The predicted molar refractivity (Wildman–Crippen MR) is 133 cm³/mol. The molecule has 1 heterocycles. The van der Waals surface area contributed by atoms with Crippen LogP contribution >= 0.6 is 0 Å². The number of hydrogen-bond donors (Lipinski definition) is 0. The van der Waals surface area contributed by atoms with Crippen molar-refractivity contribution >= 4 is 0 Å². The first kappa shape index (κ1) is 25.4. The first-order chi connectivity index (χ1) is 15.1. The molecule has 0 N–H and O–H groups in total. The van der Waals surface area contributed by atoms with Crippen LogP contribution in [0.15, 0.2) is 36.4 Å². The highest BCUT2D eigenvalue weighted by molar-refractivity contribution is 5.59. The average Bonchev–Trinajstić information content (AvgIpc) is 2.77. The van der Waals surface area contributed by atoms with Crippen LogP contribution in [0.1, 0.15) is 97.6 Å². The van der Waals surface area contributed by atoms with Crippen molar-refractivity contribution in [3.63, 3.8) is 0 Å². The predicted octanol–water partition coefficient (Wildman–Crippen LogP) is 8.28. The Morgan fingerprint density at radius 3 is 2.16 bits per heavy atom. The largest absolute Gasteiger partial charge is 0.494 e. The molecule has 0 radical (unpaired) electrons. The summed E-state index contributed by atoms with van der Waals surface area (Å²) in [6, 6.07) is 12.5. The molecule has 0 saturated heterocycles. The normalized spacial score (nSPS) is 12.3. The van der Waals surface area contributed by atoms with Gasteiger partial charge < -0.3 is 4.74 Å². The smallest absolute Gasteiger partial charge is 0.119 e. The third kappa shape index (κ3) is 10.8. The summed E-state index contributed by atoms with van der Waals surface area (Å²) in [4.78, 5) is 0. The minimum absolute atomic E-state index is 0.725. The summed E-state index contributed by atoms with van der Waals surface area (Å²) in [5.41, 5.74) is 3.12. The Morgan fingerprint density at radius 1 is 0.742 bits per heavy atom. The Balaban J connectivity index is 1.70. The Hall–Kier alpha value is -1.90. The van der Waals surface area contributed by atoms with E-state index in [1.165, 1.54) is 57.8 Å². The maximum Gasteiger partial charge on any atom is 0.119 e. The van der Waals surface area contributed by atoms with Gasteiger partial charge in [0.1, 0.15) is 5.75 Å². The molecule has 0 spiro atoms. The Morgan fingerprint density at radius 2 is 1.48 bits per heavy atom. The molecule has 0 saturated carbocycles. The molecule has 0 aliphatic heterocycles. The minimum Gasteiger partial charge on any atom is -0.494 e. The van der Waals surface area contributed by atoms with Crippen LogP contribution in [0, 0.1) is 11.8 Å². The quantitative estimate of drug-likeness (QED) is 0.254. The SMILES string of the molecule is CCCCCCCCc1ccc(-c2ccc(OCC[C@H](C)CCCC(C)C)cc2)nn1. The van der Waals surface area contributed by atoms with Crippen LogP contribution in [0.4, 0.5) is 0 Å². The van der Waals surface area contributed by atoms with Gasteiger partial charge in [-0.1, -0.05) is 79.1 Å². The molecule has 1 aromatic heterocycles. The highest BCUT2D eigenvalue weighted by Gasteiger charge is 2.05. The lowest BCUT2D eigenvalue weighted by Crippen LogP contribution is -2.04. The van der Waals surface area contributed by atoms with Crippen molar-refractivity contribution in [2.24, 2.45) is 11.8 Å². The molecule has 1 aromatic carbocycles. The van der Waals surface area contributed by atoms with Crippen molar-refractivity contribution in [1.29, 1.82) is 0 Å². The molecule has 172 valence electrons. The molecule has 0 fully saturated rings. The molecule has 31 heavy (non-hydrogen) atoms. The molecule has 0 aliphatic rings. The number of unbranched alkanes of at least 4 members (excludes halogenated alkanes) is 5. The fourth-order valence-electron chi connectivity index (χ4n) is 3.85. The van der Waals surface area contributed by atoms with E-state index in [0.29, 0.717) is 0 Å². The standard InChI is InChI=1S/C28H44N2O/c1-5-6-7-8-9-10-14-26-17-20-28(30-29-26)25-15-18-27(19-16-25)31-22-21-24(4)13-11-12-23(2)3/h15-20,23-24H,5-14,21-22H2,1-4H3/t24-/m1/s1. The second-order valence-electron chi connectivity index (χ2n) is 9.52. The molecule has 2 aromatic rings. The molecule has 0 aliphatic carbocycles. The highest BCUT2D eigenvalue weighted by atomic mass is 16.5. The fourth-order valence-corrected chi connectivity index (χ4v) is 3.85. The van der Waals surface area contributed by atoms with E-state index in [1.54, 1.807) is 0 Å². The van der Waals surface area contributed by atoms with Crippen LogP contribution in [0.3, 0.4) is 0 Å². The summed E-state index contributed by atoms with van der Waals surface area (Å²) in [5, 5.41) is 8.88. The van der Waals surface area contributed by atoms with E-state index in [0.717, 1.165) is 54.0 Å². The molecular weight excluding hydrogens is 380 g/mol. The fraction of sp³-hybridized carbons (Fsp3) is 0.643. The van der Waals surface area contributed by atoms with Crippen molar-refractivity contribution in [3.8, 4) is 17.0 Å². The van der Waals surface area contributed by atoms with E-state index in [-0.39, 0.29) is 0 Å². The lowest BCUT2D eigenvalue weighted by atomic mass is 9.98. The van der Waals surface area contributed by atoms with Gasteiger partial charge in [0.05, 0.1) is 18.0 Å². The van der Waals surface area contributed by atoms with Gasteiger partial charge in [-0.25, -0.2) is 0 Å². The van der Waals surface area contributed by atoms with Crippen LogP contribution < -0.4 is 4.74 Å². The highest BCUT2D eigenvalue weighted by Crippen LogP contribution is 2.22. The van der Waals surface area contributed by atoms with Crippen molar-refractivity contribution in [1.82, 2.24) is 10.2 Å². The maximum absolute atomic E-state index is 5.96. The number of rotatable bonds is 16. The third-order valence-electron chi connectivity index (χ3n) is 6.01. The minimum atomic E-state index is 0.725. The van der Waals surface area contributed by atoms with Crippen LogP contribution in [0.5, 0.6) is 5.75 Å². The number of aromatic nitrogens is 2. The lowest BCUT2D eigenvalue weighted by Gasteiger charge is -2.13. The van der Waals surface area contributed by atoms with E-state index >= 15 is 0 Å². The van der Waals surface area contributed by atoms with Gasteiger partial charge in [0, 0.05) is 5.56 Å². The average molecular weight is 425 g/mol. The van der Waals surface area contributed by atoms with E-state index < -0.39 is 0 Å². The van der Waals surface area contributed by atoms with Gasteiger partial charge in [-0.15, -0.1) is 0 Å². The number of benzene rings is 1. The van der Waals surface area contributed by atoms with Crippen LogP contribution in [0.25, 0.3) is 11.3 Å². The summed E-state index contributed by atoms with van der Waals surface area (Å²) in [6.07, 6.45) is 14.0. The second-order valence-corrected chi connectivity index (χ2v) is 9.52. The van der Waals surface area contributed by atoms with Crippen molar-refractivity contribution in [2.75, 3.05) is 6.61 Å². The third-order valence-corrected chi connectivity index (χ3v) is 6.01. The number of hydrogen-bond acceptors (Lipinski definition) is 3. The molecule has 3 nitrogen and oxygen atoms in total. The van der Waals surface area contributed by atoms with Gasteiger partial charge in [0.25, 0.3) is 0 Å². The molecule has 0 bridgehead atoms. The maximum atomic E-state index is 5.96. The first-order valence-electron chi connectivity index (χ1n) is 12.6. The van der Waals surface area contributed by atoms with Gasteiger partial charge in [-0.05, 0) is 67.5 Å². The van der Waals surface area contributed by atoms with E-state index in [2.05, 4.69) is 62.2 Å². The number of nitrogens with zero attached hydrogens (tertiary/aromatic N) is 2. The topological polar surface area (TPSA) is 35.0 Å². The van der Waals surface area contributed by atoms with E-state index in [1.807, 2.05) is 12.1 Å². The lowest BCUT2D eigenvalue weighted by molar-refractivity contribution is 0.276. The summed E-state index contributed by atoms with van der Waals surface area (Å²) >= 11 is 0. The second kappa shape index (κ2) is 15.0. The zero-order valence-electron chi connectivity index (χ0n) is 20.4. The molecule has 1 atom stereocenters. The van der Waals surface area contributed by atoms with E-state index in [9.17, 15) is 0 Å². The summed E-state index contributed by atoms with van der Waals surface area (Å²) < 4.78 is 5.96. The van der Waals surface area contributed by atoms with Crippen molar-refractivity contribution in [3.05, 3.63) is 42.1 Å². The van der Waals surface area contributed by atoms with Crippen molar-refractivity contribution in [2.45, 2.75) is 98.3 Å². The van der Waals surface area contributed by atoms with Crippen LogP contribution in [-0.2, 0) is 6.42 Å². The Kier molecular flexibility index (Phi) is 12.3. The van der Waals surface area contributed by atoms with Gasteiger partial charge >= 0.3 is 0 Å². The first-order valence-corrected chi connectivity index (χ1v) is 12.6. The monoisotopic (exact) mass is 424 g/mol. The van der Waals surface area contributed by atoms with Crippen molar-refractivity contribution < 1.29 is 4.74 Å². The molecular formula is C28H44N2O. The molecule has 3 heteroatoms. The van der Waals surface area contributed by atoms with Gasteiger partial charge in [-0.2, -0.15) is 10.2 Å². The number of ether oxygens (including phenoxy) is 1. The Labute approximate surface area is 191 Å². The van der Waals surface area contributed by atoms with Gasteiger partial charge in [0.2, 0.25) is 0 Å². The molecule has 2 rings (SSSR count). The number of aryl methyl sites for hydroxylation is 1. The molecule has 0 amide bonds. The van der Waals surface area contributed by atoms with Crippen LogP contribution in [0.2, 0.25) is 0 Å².